The summed E-state index contributed by atoms with van der Waals surface area (Å²) < 4.78 is 33.5. The van der Waals surface area contributed by atoms with Crippen LogP contribution in [-0.4, -0.2) is 60.5 Å². The Kier molecular flexibility index (Phi) is 45.8. The number of hydrogen-bond acceptors (Lipinski definition) is 8. The monoisotopic (exact) mass is 898 g/mol. The number of ether oxygens (including phenoxy) is 2. The van der Waals surface area contributed by atoms with Crippen LogP contribution in [0.5, 0.6) is 0 Å². The van der Waals surface area contributed by atoms with Gasteiger partial charge in [-0.1, -0.05) is 224 Å². The van der Waals surface area contributed by atoms with Gasteiger partial charge in [0.25, 0.3) is 0 Å². The van der Waals surface area contributed by atoms with Crippen LogP contribution in [0, 0.1) is 0 Å². The molecule has 0 aromatic carbocycles. The van der Waals surface area contributed by atoms with Gasteiger partial charge in [0, 0.05) is 13.0 Å². The Morgan fingerprint density at radius 1 is 0.532 bits per heavy atom. The van der Waals surface area contributed by atoms with Gasteiger partial charge in [-0.25, -0.2) is 4.57 Å². The lowest BCUT2D eigenvalue weighted by Gasteiger charge is -2.20. The molecule has 0 fully saturated rings. The normalized spacial score (nSPS) is 14.0. The third-order valence-electron chi connectivity index (χ3n) is 11.2. The molecule has 3 atom stereocenters. The molecule has 0 aromatic rings. The van der Waals surface area contributed by atoms with E-state index in [4.69, 9.17) is 29.4 Å². The van der Waals surface area contributed by atoms with Crippen molar-refractivity contribution in [3.05, 3.63) is 36.5 Å². The van der Waals surface area contributed by atoms with E-state index in [9.17, 15) is 19.0 Å². The maximum atomic E-state index is 12.7. The Balaban J connectivity index is 4.11. The van der Waals surface area contributed by atoms with Crippen LogP contribution in [0.4, 0.5) is 0 Å². The highest BCUT2D eigenvalue weighted by molar-refractivity contribution is 7.47. The topological polar surface area (TPSA) is 155 Å². The molecule has 0 aliphatic heterocycles. The second-order valence-corrected chi connectivity index (χ2v) is 18.7. The second-order valence-electron chi connectivity index (χ2n) is 17.3. The van der Waals surface area contributed by atoms with E-state index in [0.717, 1.165) is 57.8 Å². The highest BCUT2D eigenvalue weighted by Crippen LogP contribution is 2.43. The van der Waals surface area contributed by atoms with Gasteiger partial charge in [-0.15, -0.1) is 0 Å². The number of carboxylic acid groups (broad SMARTS) is 1. The molecule has 0 saturated heterocycles. The van der Waals surface area contributed by atoms with Gasteiger partial charge in [0.15, 0.2) is 0 Å². The van der Waals surface area contributed by atoms with Gasteiger partial charge in [-0.05, 0) is 44.9 Å². The van der Waals surface area contributed by atoms with Crippen molar-refractivity contribution in [3.8, 4) is 0 Å². The van der Waals surface area contributed by atoms with Crippen LogP contribution in [0.25, 0.3) is 0 Å². The number of unbranched alkanes of at least 4 members (excludes halogenated alkanes) is 29. The number of rotatable bonds is 49. The largest absolute Gasteiger partial charge is 0.480 e. The quantitative estimate of drug-likeness (QED) is 0.0233. The number of hydrogen-bond donors (Lipinski definition) is 3. The molecular weight excluding hydrogens is 802 g/mol. The lowest BCUT2D eigenvalue weighted by molar-refractivity contribution is -0.154. The smallest absolute Gasteiger partial charge is 0.472 e. The van der Waals surface area contributed by atoms with Crippen molar-refractivity contribution >= 4 is 19.8 Å². The zero-order chi connectivity index (χ0) is 45.5. The fourth-order valence-corrected chi connectivity index (χ4v) is 8.05. The maximum absolute atomic E-state index is 12.7. The molecule has 11 heteroatoms. The number of carboxylic acids is 1. The summed E-state index contributed by atoms with van der Waals surface area (Å²) in [5.74, 6) is -1.77. The Bertz CT molecular complexity index is 1130. The van der Waals surface area contributed by atoms with E-state index in [1.54, 1.807) is 0 Å². The lowest BCUT2D eigenvalue weighted by Crippen LogP contribution is -2.34. The molecule has 10 nitrogen and oxygen atoms in total. The fourth-order valence-electron chi connectivity index (χ4n) is 7.27. The highest BCUT2D eigenvalue weighted by Gasteiger charge is 2.27. The molecule has 364 valence electrons. The summed E-state index contributed by atoms with van der Waals surface area (Å²) in [5, 5.41) is 8.93. The maximum Gasteiger partial charge on any atom is 0.472 e. The van der Waals surface area contributed by atoms with E-state index in [1.165, 1.54) is 154 Å². The molecule has 3 unspecified atom stereocenters. The van der Waals surface area contributed by atoms with Gasteiger partial charge in [-0.3, -0.25) is 18.6 Å². The van der Waals surface area contributed by atoms with Gasteiger partial charge in [-0.2, -0.15) is 0 Å². The number of carbonyl (C=O) groups excluding carboxylic acids is 1. The Labute approximate surface area is 380 Å². The zero-order valence-electron chi connectivity index (χ0n) is 40.0. The average molecular weight is 898 g/mol. The van der Waals surface area contributed by atoms with Crippen molar-refractivity contribution in [1.82, 2.24) is 0 Å². The van der Waals surface area contributed by atoms with Crippen molar-refractivity contribution in [2.45, 2.75) is 251 Å². The Morgan fingerprint density at radius 2 is 0.935 bits per heavy atom. The molecule has 0 aliphatic carbocycles. The lowest BCUT2D eigenvalue weighted by atomic mass is 10.0. The van der Waals surface area contributed by atoms with Crippen molar-refractivity contribution in [1.29, 1.82) is 0 Å². The van der Waals surface area contributed by atoms with Crippen LogP contribution in [0.1, 0.15) is 239 Å². The van der Waals surface area contributed by atoms with E-state index >= 15 is 0 Å². The number of phosphoric ester groups is 1. The minimum Gasteiger partial charge on any atom is -0.480 e. The summed E-state index contributed by atoms with van der Waals surface area (Å²) >= 11 is 0. The molecule has 0 saturated carbocycles. The number of esters is 1. The van der Waals surface area contributed by atoms with Gasteiger partial charge in [0.2, 0.25) is 0 Å². The molecule has 0 radical (unpaired) electrons. The average Bonchev–Trinajstić information content (AvgIpc) is 3.25. The third kappa shape index (κ3) is 46.2. The SMILES string of the molecule is CC/C=C\C/C=C\C/C=C\CCCCCCCCCCOCC(COP(=O)(O)OCC(N)C(=O)O)OC(=O)CCCCCCCCCCCCCCCCCCCCCCCC. The number of allylic oxidation sites excluding steroid dienone is 6. The minimum atomic E-state index is -4.62. The van der Waals surface area contributed by atoms with Crippen LogP contribution in [-0.2, 0) is 32.7 Å². The molecule has 0 bridgehead atoms. The standard InChI is InChI=1S/C51H96NO9P/c1-3-5-7-9-11-13-15-17-19-21-23-24-25-26-27-29-31-33-35-37-39-41-43-50(53)61-48(46-59-62(56,57)60-47-49(52)51(54)55)45-58-44-42-40-38-36-34-32-30-28-22-20-18-16-14-12-10-8-6-4-2/h6,8,12,14,18,20,48-49H,3-5,7,9-11,13,15-17,19,21-47,52H2,1-2H3,(H,54,55)(H,56,57)/b8-6-,14-12-,20-18-. The Morgan fingerprint density at radius 3 is 1.40 bits per heavy atom. The predicted octanol–water partition coefficient (Wildman–Crippen LogP) is 14.8. The van der Waals surface area contributed by atoms with Crippen LogP contribution < -0.4 is 5.73 Å². The zero-order valence-corrected chi connectivity index (χ0v) is 40.9. The van der Waals surface area contributed by atoms with E-state index in [0.29, 0.717) is 13.0 Å². The molecule has 0 heterocycles. The first-order chi connectivity index (χ1) is 30.2. The molecule has 62 heavy (non-hydrogen) atoms. The Hall–Kier alpha value is -1.81. The van der Waals surface area contributed by atoms with Gasteiger partial charge in [0.05, 0.1) is 19.8 Å². The van der Waals surface area contributed by atoms with Gasteiger partial charge < -0.3 is 25.2 Å². The molecule has 4 N–H and O–H groups in total. The third-order valence-corrected chi connectivity index (χ3v) is 12.1. The first-order valence-corrected chi connectivity index (χ1v) is 27.0. The summed E-state index contributed by atoms with van der Waals surface area (Å²) in [5.41, 5.74) is 5.37. The minimum absolute atomic E-state index is 0.0147. The fraction of sp³-hybridized carbons (Fsp3) is 0.843. The summed E-state index contributed by atoms with van der Waals surface area (Å²) in [4.78, 5) is 33.7. The number of nitrogens with two attached hydrogens (primary N) is 1. The first kappa shape index (κ1) is 60.2. The van der Waals surface area contributed by atoms with Crippen molar-refractivity contribution in [2.75, 3.05) is 26.4 Å². The molecular formula is C51H96NO9P. The number of phosphoric acid groups is 1. The molecule has 0 aliphatic rings. The highest BCUT2D eigenvalue weighted by atomic mass is 31.2. The van der Waals surface area contributed by atoms with Gasteiger partial charge >= 0.3 is 19.8 Å². The predicted molar refractivity (Wildman–Crippen MR) is 258 cm³/mol. The molecule has 0 rings (SSSR count). The van der Waals surface area contributed by atoms with Crippen LogP contribution in [0.2, 0.25) is 0 Å². The summed E-state index contributed by atoms with van der Waals surface area (Å²) in [6.07, 6.45) is 54.9. The molecule has 0 spiro atoms. The van der Waals surface area contributed by atoms with Crippen molar-refractivity contribution in [3.63, 3.8) is 0 Å². The molecule has 0 amide bonds. The first-order valence-electron chi connectivity index (χ1n) is 25.5. The van der Waals surface area contributed by atoms with E-state index < -0.39 is 45.1 Å². The van der Waals surface area contributed by atoms with Crippen molar-refractivity contribution < 1.29 is 42.7 Å². The number of aliphatic carboxylic acids is 1. The van der Waals surface area contributed by atoms with Gasteiger partial charge in [0.1, 0.15) is 12.1 Å². The second kappa shape index (κ2) is 47.2. The van der Waals surface area contributed by atoms with Crippen molar-refractivity contribution in [2.24, 2.45) is 5.73 Å². The summed E-state index contributed by atoms with van der Waals surface area (Å²) in [6.45, 7) is 3.80. The summed E-state index contributed by atoms with van der Waals surface area (Å²) in [6, 6.07) is -1.47. The summed E-state index contributed by atoms with van der Waals surface area (Å²) in [7, 11) is -4.62. The number of carbonyl (C=O) groups is 2. The van der Waals surface area contributed by atoms with Crippen LogP contribution in [0.3, 0.4) is 0 Å². The van der Waals surface area contributed by atoms with E-state index in [1.807, 2.05) is 0 Å². The van der Waals surface area contributed by atoms with Crippen LogP contribution >= 0.6 is 7.82 Å². The van der Waals surface area contributed by atoms with E-state index in [2.05, 4.69) is 50.3 Å². The van der Waals surface area contributed by atoms with E-state index in [-0.39, 0.29) is 13.0 Å². The molecule has 0 aromatic heterocycles. The van der Waals surface area contributed by atoms with Crippen LogP contribution in [0.15, 0.2) is 36.5 Å².